The summed E-state index contributed by atoms with van der Waals surface area (Å²) in [6.45, 7) is 2.15. The molecule has 0 unspecified atom stereocenters. The van der Waals surface area contributed by atoms with E-state index >= 15 is 0 Å². The molecular formula is C25H26ClF3. The van der Waals surface area contributed by atoms with E-state index in [1.807, 2.05) is 6.07 Å². The summed E-state index contributed by atoms with van der Waals surface area (Å²) in [4.78, 5) is 0. The van der Waals surface area contributed by atoms with Crippen LogP contribution in [0.25, 0.3) is 0 Å². The molecule has 2 aliphatic carbocycles. The first-order chi connectivity index (χ1) is 14.0. The first-order valence-corrected chi connectivity index (χ1v) is 11.0. The van der Waals surface area contributed by atoms with Crippen molar-refractivity contribution in [3.05, 3.63) is 81.6 Å². The third kappa shape index (κ3) is 3.99. The molecule has 0 heterocycles. The fourth-order valence-corrected chi connectivity index (χ4v) is 5.61. The van der Waals surface area contributed by atoms with Gasteiger partial charge in [-0.1, -0.05) is 43.2 Å². The maximum Gasteiger partial charge on any atom is 0.142 e. The second kappa shape index (κ2) is 8.55. The highest BCUT2D eigenvalue weighted by molar-refractivity contribution is 6.30. The van der Waals surface area contributed by atoms with Gasteiger partial charge in [0.1, 0.15) is 17.5 Å². The van der Waals surface area contributed by atoms with E-state index in [1.54, 1.807) is 12.1 Å². The molecule has 0 aromatic heterocycles. The number of unbranched alkanes of at least 4 members (excludes halogenated alkanes) is 1. The summed E-state index contributed by atoms with van der Waals surface area (Å²) < 4.78 is 42.7. The Morgan fingerprint density at radius 2 is 1.86 bits per heavy atom. The Hall–Kier alpha value is -1.74. The largest absolute Gasteiger partial charge is 0.207 e. The van der Waals surface area contributed by atoms with Crippen molar-refractivity contribution >= 4 is 11.6 Å². The number of hydrogen-bond acceptors (Lipinski definition) is 0. The zero-order valence-corrected chi connectivity index (χ0v) is 17.4. The van der Waals surface area contributed by atoms with Crippen LogP contribution in [0.3, 0.4) is 0 Å². The highest BCUT2D eigenvalue weighted by atomic mass is 35.5. The van der Waals surface area contributed by atoms with Crippen LogP contribution < -0.4 is 0 Å². The van der Waals surface area contributed by atoms with E-state index in [-0.39, 0.29) is 22.8 Å². The molecule has 2 aliphatic rings. The lowest BCUT2D eigenvalue weighted by Crippen LogP contribution is -2.35. The highest BCUT2D eigenvalue weighted by Gasteiger charge is 2.43. The number of allylic oxidation sites excluding steroid dienone is 2. The van der Waals surface area contributed by atoms with E-state index in [4.69, 9.17) is 11.6 Å². The summed E-state index contributed by atoms with van der Waals surface area (Å²) in [5.41, 5.74) is 2.41. The molecular weight excluding hydrogens is 393 g/mol. The number of halogens is 4. The Balaban J connectivity index is 1.75. The van der Waals surface area contributed by atoms with Gasteiger partial charge in [0.05, 0.1) is 5.02 Å². The minimum Gasteiger partial charge on any atom is -0.207 e. The van der Waals surface area contributed by atoms with E-state index in [2.05, 4.69) is 19.1 Å². The van der Waals surface area contributed by atoms with Crippen molar-refractivity contribution in [1.82, 2.24) is 0 Å². The van der Waals surface area contributed by atoms with E-state index in [1.165, 1.54) is 6.07 Å². The normalized spacial score (nSPS) is 26.4. The Kier molecular flexibility index (Phi) is 6.06. The van der Waals surface area contributed by atoms with E-state index in [9.17, 15) is 13.2 Å². The average molecular weight is 419 g/mol. The van der Waals surface area contributed by atoms with Crippen LogP contribution in [-0.2, 0) is 6.42 Å². The molecule has 29 heavy (non-hydrogen) atoms. The smallest absolute Gasteiger partial charge is 0.142 e. The minimum absolute atomic E-state index is 0.100. The zero-order chi connectivity index (χ0) is 20.5. The molecule has 0 amide bonds. The molecule has 0 bridgehead atoms. The minimum atomic E-state index is -0.513. The third-order valence-corrected chi connectivity index (χ3v) is 7.05. The van der Waals surface area contributed by atoms with Crippen molar-refractivity contribution in [2.45, 2.75) is 57.3 Å². The van der Waals surface area contributed by atoms with E-state index in [0.29, 0.717) is 17.9 Å². The van der Waals surface area contributed by atoms with Gasteiger partial charge in [0.25, 0.3) is 0 Å². The van der Waals surface area contributed by atoms with Gasteiger partial charge in [-0.15, -0.1) is 0 Å². The van der Waals surface area contributed by atoms with Crippen LogP contribution in [0.2, 0.25) is 5.02 Å². The van der Waals surface area contributed by atoms with Crippen molar-refractivity contribution in [1.29, 1.82) is 0 Å². The van der Waals surface area contributed by atoms with Crippen LogP contribution in [0.15, 0.2) is 42.5 Å². The molecule has 0 nitrogen and oxygen atoms in total. The molecule has 4 rings (SSSR count). The summed E-state index contributed by atoms with van der Waals surface area (Å²) in [6.07, 6.45) is 9.85. The monoisotopic (exact) mass is 418 g/mol. The Morgan fingerprint density at radius 3 is 2.62 bits per heavy atom. The molecule has 0 saturated heterocycles. The van der Waals surface area contributed by atoms with Gasteiger partial charge in [0, 0.05) is 6.07 Å². The van der Waals surface area contributed by atoms with Crippen LogP contribution in [0.1, 0.15) is 67.6 Å². The molecule has 2 aromatic carbocycles. The lowest BCUT2D eigenvalue weighted by atomic mass is 9.58. The fourth-order valence-electron chi connectivity index (χ4n) is 5.50. The van der Waals surface area contributed by atoms with Crippen molar-refractivity contribution in [3.63, 3.8) is 0 Å². The highest BCUT2D eigenvalue weighted by Crippen LogP contribution is 2.54. The third-order valence-electron chi connectivity index (χ3n) is 6.74. The molecule has 0 N–H and O–H groups in total. The predicted molar refractivity (Wildman–Crippen MR) is 112 cm³/mol. The standard InChI is InChI=1S/C25H26ClF3/c1-2-3-4-5-15-6-8-18-20(25(15)16-7-11-22(26)24(29)12-16)10-9-19-21(18)13-17(27)14-23(19)28/h4-5,7,11-15,18,20,25H,2-3,6,8-10H2,1H3/t15-,18-,20+,25-/m1/s1. The Labute approximate surface area is 175 Å². The van der Waals surface area contributed by atoms with Gasteiger partial charge in [-0.2, -0.15) is 0 Å². The number of hydrogen-bond donors (Lipinski definition) is 0. The van der Waals surface area contributed by atoms with Gasteiger partial charge in [-0.25, -0.2) is 13.2 Å². The van der Waals surface area contributed by atoms with Crippen LogP contribution >= 0.6 is 11.6 Å². The topological polar surface area (TPSA) is 0 Å². The van der Waals surface area contributed by atoms with Crippen LogP contribution in [0.4, 0.5) is 13.2 Å². The number of benzene rings is 2. The molecule has 1 saturated carbocycles. The zero-order valence-electron chi connectivity index (χ0n) is 16.6. The van der Waals surface area contributed by atoms with Gasteiger partial charge >= 0.3 is 0 Å². The molecule has 1 fully saturated rings. The van der Waals surface area contributed by atoms with Gasteiger partial charge in [-0.05, 0) is 90.7 Å². The summed E-state index contributed by atoms with van der Waals surface area (Å²) >= 11 is 5.93. The van der Waals surface area contributed by atoms with Crippen molar-refractivity contribution in [2.24, 2.45) is 11.8 Å². The first kappa shape index (κ1) is 20.5. The quantitative estimate of drug-likeness (QED) is 0.442. The molecule has 0 spiro atoms. The predicted octanol–water partition coefficient (Wildman–Crippen LogP) is 7.95. The lowest BCUT2D eigenvalue weighted by Gasteiger charge is -2.46. The molecule has 154 valence electrons. The van der Waals surface area contributed by atoms with Crippen molar-refractivity contribution in [2.75, 3.05) is 0 Å². The van der Waals surface area contributed by atoms with Gasteiger partial charge < -0.3 is 0 Å². The summed E-state index contributed by atoms with van der Waals surface area (Å²) in [7, 11) is 0. The molecule has 2 aromatic rings. The Bertz CT molecular complexity index is 921. The van der Waals surface area contributed by atoms with Gasteiger partial charge in [-0.3, -0.25) is 0 Å². The average Bonchev–Trinajstić information content (AvgIpc) is 2.69. The van der Waals surface area contributed by atoms with Gasteiger partial charge in [0.15, 0.2) is 0 Å². The maximum atomic E-state index is 14.4. The first-order valence-electron chi connectivity index (χ1n) is 10.6. The SMILES string of the molecule is CCCC=C[C@@H]1CC[C@H]2c3cc(F)cc(F)c3CC[C@@H]2[C@H]1c1ccc(Cl)c(F)c1. The molecule has 4 heteroatoms. The molecule has 0 aliphatic heterocycles. The molecule has 4 atom stereocenters. The van der Waals surface area contributed by atoms with E-state index < -0.39 is 17.5 Å². The van der Waals surface area contributed by atoms with Crippen LogP contribution in [0.5, 0.6) is 0 Å². The maximum absolute atomic E-state index is 14.4. The second-order valence-electron chi connectivity index (χ2n) is 8.42. The fraction of sp³-hybridized carbons (Fsp3) is 0.440. The molecule has 0 radical (unpaired) electrons. The van der Waals surface area contributed by atoms with Crippen molar-refractivity contribution < 1.29 is 13.2 Å². The lowest BCUT2D eigenvalue weighted by molar-refractivity contribution is 0.193. The number of fused-ring (bicyclic) bond motifs is 3. The van der Waals surface area contributed by atoms with Crippen LogP contribution in [0, 0.1) is 29.3 Å². The van der Waals surface area contributed by atoms with Gasteiger partial charge in [0.2, 0.25) is 0 Å². The summed E-state index contributed by atoms with van der Waals surface area (Å²) in [5, 5.41) is 0.123. The number of rotatable bonds is 4. The summed E-state index contributed by atoms with van der Waals surface area (Å²) in [6, 6.07) is 7.60. The second-order valence-corrected chi connectivity index (χ2v) is 8.83. The Morgan fingerprint density at radius 1 is 1.03 bits per heavy atom. The summed E-state index contributed by atoms with van der Waals surface area (Å²) in [5.74, 6) is -0.608. The van der Waals surface area contributed by atoms with E-state index in [0.717, 1.165) is 49.3 Å². The van der Waals surface area contributed by atoms with Crippen molar-refractivity contribution in [3.8, 4) is 0 Å². The van der Waals surface area contributed by atoms with Crippen LogP contribution in [-0.4, -0.2) is 0 Å².